The van der Waals surface area contributed by atoms with Gasteiger partial charge in [0, 0.05) is 27.6 Å². The number of nitrogens with one attached hydrogen (secondary N) is 1. The molecule has 0 saturated heterocycles. The molecule has 3 nitrogen and oxygen atoms in total. The molecule has 0 atom stereocenters. The first kappa shape index (κ1) is 18.9. The van der Waals surface area contributed by atoms with E-state index in [1.807, 2.05) is 73.6 Å². The molecule has 2 aromatic rings. The van der Waals surface area contributed by atoms with Crippen LogP contribution < -0.4 is 5.32 Å². The smallest absolute Gasteiger partial charge is 0.251 e. The van der Waals surface area contributed by atoms with Crippen LogP contribution in [-0.2, 0) is 0 Å². The second-order valence-corrected chi connectivity index (χ2v) is 7.55. The predicted molar refractivity (Wildman–Crippen MR) is 108 cm³/mol. The van der Waals surface area contributed by atoms with Crippen molar-refractivity contribution in [3.05, 3.63) is 68.1 Å². The lowest BCUT2D eigenvalue weighted by molar-refractivity contribution is 0.0951. The summed E-state index contributed by atoms with van der Waals surface area (Å²) in [6.45, 7) is 1.47. The molecule has 1 amide bonds. The Kier molecular flexibility index (Phi) is 7.21. The second-order valence-electron chi connectivity index (χ2n) is 5.72. The van der Waals surface area contributed by atoms with Crippen molar-refractivity contribution in [1.29, 1.82) is 0 Å². The number of benzene rings is 2. The van der Waals surface area contributed by atoms with Crippen LogP contribution in [0.1, 0.15) is 21.5 Å². The third-order valence-electron chi connectivity index (χ3n) is 3.37. The minimum atomic E-state index is -0.0386. The SMILES string of the molecule is CN(C)CCNC(=O)c1ccc(/C=C/c2cc(Br)cc(Br)c2)cc1. The first-order valence-electron chi connectivity index (χ1n) is 7.61. The molecular weight excluding hydrogens is 432 g/mol. The van der Waals surface area contributed by atoms with Crippen molar-refractivity contribution in [3.63, 3.8) is 0 Å². The molecule has 0 fully saturated rings. The summed E-state index contributed by atoms with van der Waals surface area (Å²) in [4.78, 5) is 14.1. The molecule has 2 aromatic carbocycles. The van der Waals surface area contributed by atoms with Crippen molar-refractivity contribution in [3.8, 4) is 0 Å². The maximum Gasteiger partial charge on any atom is 0.251 e. The van der Waals surface area contributed by atoms with Crippen LogP contribution in [-0.4, -0.2) is 38.0 Å². The Bertz CT molecular complexity index is 704. The third-order valence-corrected chi connectivity index (χ3v) is 4.29. The summed E-state index contributed by atoms with van der Waals surface area (Å²) in [5.41, 5.74) is 2.83. The van der Waals surface area contributed by atoms with Gasteiger partial charge < -0.3 is 10.2 Å². The van der Waals surface area contributed by atoms with Gasteiger partial charge in [0.25, 0.3) is 5.91 Å². The molecule has 2 rings (SSSR count). The number of hydrogen-bond donors (Lipinski definition) is 1. The van der Waals surface area contributed by atoms with Crippen molar-refractivity contribution < 1.29 is 4.79 Å². The lowest BCUT2D eigenvalue weighted by atomic mass is 10.1. The van der Waals surface area contributed by atoms with Crippen LogP contribution in [0, 0.1) is 0 Å². The van der Waals surface area contributed by atoms with E-state index >= 15 is 0 Å². The van der Waals surface area contributed by atoms with Crippen LogP contribution in [0.2, 0.25) is 0 Å². The molecule has 0 bridgehead atoms. The predicted octanol–water partition coefficient (Wildman–Crippen LogP) is 4.67. The quantitative estimate of drug-likeness (QED) is 0.647. The fraction of sp³-hybridized carbons (Fsp3) is 0.211. The van der Waals surface area contributed by atoms with Gasteiger partial charge in [-0.1, -0.05) is 56.1 Å². The molecule has 0 unspecified atom stereocenters. The van der Waals surface area contributed by atoms with Gasteiger partial charge in [-0.15, -0.1) is 0 Å². The van der Waals surface area contributed by atoms with Gasteiger partial charge in [-0.2, -0.15) is 0 Å². The fourth-order valence-corrected chi connectivity index (χ4v) is 3.43. The van der Waals surface area contributed by atoms with Gasteiger partial charge in [-0.3, -0.25) is 4.79 Å². The number of amides is 1. The molecule has 0 saturated carbocycles. The highest BCUT2D eigenvalue weighted by molar-refractivity contribution is 9.11. The first-order chi connectivity index (χ1) is 11.4. The van der Waals surface area contributed by atoms with Gasteiger partial charge in [0.1, 0.15) is 0 Å². The Hall–Kier alpha value is -1.43. The Labute approximate surface area is 160 Å². The summed E-state index contributed by atoms with van der Waals surface area (Å²) in [6, 6.07) is 13.7. The number of carbonyl (C=O) groups is 1. The van der Waals surface area contributed by atoms with Crippen molar-refractivity contribution in [2.45, 2.75) is 0 Å². The number of nitrogens with zero attached hydrogens (tertiary/aromatic N) is 1. The van der Waals surface area contributed by atoms with Crippen molar-refractivity contribution in [1.82, 2.24) is 10.2 Å². The Balaban J connectivity index is 1.98. The highest BCUT2D eigenvalue weighted by atomic mass is 79.9. The lowest BCUT2D eigenvalue weighted by Gasteiger charge is -2.10. The summed E-state index contributed by atoms with van der Waals surface area (Å²) in [5.74, 6) is -0.0386. The molecular formula is C19H20Br2N2O. The molecule has 1 N–H and O–H groups in total. The normalized spacial score (nSPS) is 11.2. The molecule has 24 heavy (non-hydrogen) atoms. The summed E-state index contributed by atoms with van der Waals surface area (Å²) < 4.78 is 2.06. The molecule has 0 radical (unpaired) electrons. The first-order valence-corrected chi connectivity index (χ1v) is 9.20. The third kappa shape index (κ3) is 6.23. The lowest BCUT2D eigenvalue weighted by Crippen LogP contribution is -2.31. The van der Waals surface area contributed by atoms with Gasteiger partial charge in [-0.05, 0) is 55.6 Å². The second kappa shape index (κ2) is 9.16. The Morgan fingerprint density at radius 2 is 1.58 bits per heavy atom. The molecule has 0 aliphatic carbocycles. The van der Waals surface area contributed by atoms with Crippen molar-refractivity contribution >= 4 is 49.9 Å². The van der Waals surface area contributed by atoms with Gasteiger partial charge in [0.15, 0.2) is 0 Å². The van der Waals surface area contributed by atoms with Crippen molar-refractivity contribution in [2.75, 3.05) is 27.2 Å². The van der Waals surface area contributed by atoms with E-state index in [9.17, 15) is 4.79 Å². The van der Waals surface area contributed by atoms with E-state index in [0.29, 0.717) is 12.1 Å². The van der Waals surface area contributed by atoms with Gasteiger partial charge in [-0.25, -0.2) is 0 Å². The summed E-state index contributed by atoms with van der Waals surface area (Å²) >= 11 is 6.97. The van der Waals surface area contributed by atoms with Gasteiger partial charge >= 0.3 is 0 Å². The standard InChI is InChI=1S/C19H20Br2N2O/c1-23(2)10-9-22-19(24)16-7-5-14(6-8-16)3-4-15-11-17(20)13-18(21)12-15/h3-8,11-13H,9-10H2,1-2H3,(H,22,24)/b4-3+. The maximum absolute atomic E-state index is 12.0. The Morgan fingerprint density at radius 3 is 2.17 bits per heavy atom. The average Bonchev–Trinajstić information content (AvgIpc) is 2.52. The average molecular weight is 452 g/mol. The Morgan fingerprint density at radius 1 is 1.00 bits per heavy atom. The zero-order valence-corrected chi connectivity index (χ0v) is 16.9. The van der Waals surface area contributed by atoms with Crippen LogP contribution in [0.4, 0.5) is 0 Å². The number of hydrogen-bond acceptors (Lipinski definition) is 2. The van der Waals surface area contributed by atoms with E-state index < -0.39 is 0 Å². The number of carbonyl (C=O) groups excluding carboxylic acids is 1. The zero-order chi connectivity index (χ0) is 17.5. The van der Waals surface area contributed by atoms with E-state index in [1.54, 1.807) is 0 Å². The molecule has 126 valence electrons. The molecule has 0 aliphatic heterocycles. The van der Waals surface area contributed by atoms with Crippen molar-refractivity contribution in [2.24, 2.45) is 0 Å². The summed E-state index contributed by atoms with van der Waals surface area (Å²) in [5, 5.41) is 2.91. The van der Waals surface area contributed by atoms with E-state index in [0.717, 1.165) is 26.6 Å². The van der Waals surface area contributed by atoms with E-state index in [4.69, 9.17) is 0 Å². The van der Waals surface area contributed by atoms with Crippen LogP contribution in [0.3, 0.4) is 0 Å². The maximum atomic E-state index is 12.0. The molecule has 5 heteroatoms. The summed E-state index contributed by atoms with van der Waals surface area (Å²) in [7, 11) is 3.97. The number of rotatable bonds is 6. The minimum absolute atomic E-state index is 0.0386. The summed E-state index contributed by atoms with van der Waals surface area (Å²) in [6.07, 6.45) is 4.07. The zero-order valence-electron chi connectivity index (χ0n) is 13.7. The van der Waals surface area contributed by atoms with E-state index in [1.165, 1.54) is 0 Å². The van der Waals surface area contributed by atoms with Gasteiger partial charge in [0.05, 0.1) is 0 Å². The molecule has 0 spiro atoms. The van der Waals surface area contributed by atoms with Crippen LogP contribution in [0.5, 0.6) is 0 Å². The van der Waals surface area contributed by atoms with Crippen LogP contribution >= 0.6 is 31.9 Å². The monoisotopic (exact) mass is 450 g/mol. The fourth-order valence-electron chi connectivity index (χ4n) is 2.10. The molecule has 0 aliphatic rings. The molecule has 0 heterocycles. The largest absolute Gasteiger partial charge is 0.351 e. The van der Waals surface area contributed by atoms with E-state index in [2.05, 4.69) is 37.2 Å². The van der Waals surface area contributed by atoms with E-state index in [-0.39, 0.29) is 5.91 Å². The number of likely N-dealkylation sites (N-methyl/N-ethyl adjacent to an activating group) is 1. The highest BCUT2D eigenvalue weighted by Crippen LogP contribution is 2.21. The minimum Gasteiger partial charge on any atom is -0.351 e. The van der Waals surface area contributed by atoms with Gasteiger partial charge in [0.2, 0.25) is 0 Å². The topological polar surface area (TPSA) is 32.3 Å². The molecule has 0 aromatic heterocycles. The van der Waals surface area contributed by atoms with Crippen LogP contribution in [0.25, 0.3) is 12.2 Å². The highest BCUT2D eigenvalue weighted by Gasteiger charge is 2.04. The van der Waals surface area contributed by atoms with Crippen LogP contribution in [0.15, 0.2) is 51.4 Å². The number of halogens is 2.